The SMILES string of the molecule is CC1CN(c2cnn(C)c(=O)c2Cl)C1. The van der Waals surface area contributed by atoms with Gasteiger partial charge in [-0.1, -0.05) is 18.5 Å². The standard InChI is InChI=1S/C9H12ClN3O/c1-6-4-13(5-6)7-3-11-12(2)9(14)8(7)10/h3,6H,4-5H2,1-2H3. The monoisotopic (exact) mass is 213 g/mol. The van der Waals surface area contributed by atoms with E-state index in [-0.39, 0.29) is 10.6 Å². The Kier molecular flexibility index (Phi) is 2.23. The Balaban J connectivity index is 2.36. The summed E-state index contributed by atoms with van der Waals surface area (Å²) in [4.78, 5) is 13.5. The Bertz CT molecular complexity index is 409. The van der Waals surface area contributed by atoms with E-state index in [2.05, 4.69) is 16.9 Å². The smallest absolute Gasteiger partial charge is 0.287 e. The second-order valence-corrected chi connectivity index (χ2v) is 4.16. The third kappa shape index (κ3) is 1.39. The van der Waals surface area contributed by atoms with Gasteiger partial charge in [0, 0.05) is 20.1 Å². The molecule has 14 heavy (non-hydrogen) atoms. The van der Waals surface area contributed by atoms with Crippen LogP contribution in [0.4, 0.5) is 5.69 Å². The van der Waals surface area contributed by atoms with Gasteiger partial charge in [-0.2, -0.15) is 5.10 Å². The van der Waals surface area contributed by atoms with Gasteiger partial charge in [-0.05, 0) is 5.92 Å². The van der Waals surface area contributed by atoms with Crippen LogP contribution in [-0.2, 0) is 7.05 Å². The van der Waals surface area contributed by atoms with Crippen LogP contribution >= 0.6 is 11.6 Å². The van der Waals surface area contributed by atoms with Gasteiger partial charge in [-0.3, -0.25) is 4.79 Å². The summed E-state index contributed by atoms with van der Waals surface area (Å²) in [6.07, 6.45) is 1.65. The maximum Gasteiger partial charge on any atom is 0.287 e. The first-order valence-electron chi connectivity index (χ1n) is 4.56. The van der Waals surface area contributed by atoms with E-state index >= 15 is 0 Å². The molecule has 76 valence electrons. The van der Waals surface area contributed by atoms with Gasteiger partial charge in [0.1, 0.15) is 5.02 Å². The molecule has 1 aromatic rings. The minimum atomic E-state index is -0.233. The van der Waals surface area contributed by atoms with Crippen LogP contribution in [0.1, 0.15) is 6.92 Å². The van der Waals surface area contributed by atoms with Crippen molar-refractivity contribution < 1.29 is 0 Å². The number of hydrogen-bond donors (Lipinski definition) is 0. The van der Waals surface area contributed by atoms with Crippen LogP contribution in [0.25, 0.3) is 0 Å². The Labute approximate surface area is 87.1 Å². The summed E-state index contributed by atoms with van der Waals surface area (Å²) in [6, 6.07) is 0. The predicted molar refractivity (Wildman–Crippen MR) is 55.9 cm³/mol. The van der Waals surface area contributed by atoms with Crippen molar-refractivity contribution >= 4 is 17.3 Å². The molecule has 0 spiro atoms. The molecule has 1 aromatic heterocycles. The molecule has 2 rings (SSSR count). The third-order valence-corrected chi connectivity index (χ3v) is 2.82. The first kappa shape index (κ1) is 9.52. The topological polar surface area (TPSA) is 38.1 Å². The van der Waals surface area contributed by atoms with E-state index < -0.39 is 0 Å². The first-order chi connectivity index (χ1) is 6.59. The van der Waals surface area contributed by atoms with Crippen LogP contribution in [0.15, 0.2) is 11.0 Å². The Morgan fingerprint density at radius 3 is 2.79 bits per heavy atom. The summed E-state index contributed by atoms with van der Waals surface area (Å²) in [5, 5.41) is 4.22. The van der Waals surface area contributed by atoms with Crippen LogP contribution in [-0.4, -0.2) is 22.9 Å². The molecule has 0 amide bonds. The van der Waals surface area contributed by atoms with Gasteiger partial charge in [0.2, 0.25) is 0 Å². The maximum atomic E-state index is 11.5. The molecule has 0 N–H and O–H groups in total. The number of aromatic nitrogens is 2. The highest BCUT2D eigenvalue weighted by Crippen LogP contribution is 2.27. The van der Waals surface area contributed by atoms with Crippen LogP contribution < -0.4 is 10.5 Å². The van der Waals surface area contributed by atoms with Gasteiger partial charge in [0.25, 0.3) is 5.56 Å². The fraction of sp³-hybridized carbons (Fsp3) is 0.556. The molecule has 0 saturated carbocycles. The van der Waals surface area contributed by atoms with E-state index in [1.165, 1.54) is 4.68 Å². The highest BCUT2D eigenvalue weighted by Gasteiger charge is 2.25. The summed E-state index contributed by atoms with van der Waals surface area (Å²) in [5.74, 6) is 0.676. The van der Waals surface area contributed by atoms with E-state index in [1.54, 1.807) is 13.2 Å². The summed E-state index contributed by atoms with van der Waals surface area (Å²) in [7, 11) is 1.59. The zero-order chi connectivity index (χ0) is 10.3. The summed E-state index contributed by atoms with van der Waals surface area (Å²) < 4.78 is 1.25. The van der Waals surface area contributed by atoms with E-state index in [0.717, 1.165) is 18.8 Å². The number of hydrogen-bond acceptors (Lipinski definition) is 3. The third-order valence-electron chi connectivity index (χ3n) is 2.46. The fourth-order valence-corrected chi connectivity index (χ4v) is 1.91. The van der Waals surface area contributed by atoms with Crippen molar-refractivity contribution in [3.63, 3.8) is 0 Å². The molecule has 0 aromatic carbocycles. The first-order valence-corrected chi connectivity index (χ1v) is 4.94. The van der Waals surface area contributed by atoms with Gasteiger partial charge in [0.15, 0.2) is 0 Å². The van der Waals surface area contributed by atoms with E-state index in [1.807, 2.05) is 0 Å². The quantitative estimate of drug-likeness (QED) is 0.696. The molecule has 0 unspecified atom stereocenters. The lowest BCUT2D eigenvalue weighted by molar-refractivity contribution is 0.446. The minimum Gasteiger partial charge on any atom is -0.368 e. The number of halogens is 1. The molecular weight excluding hydrogens is 202 g/mol. The lowest BCUT2D eigenvalue weighted by Crippen LogP contribution is -2.46. The minimum absolute atomic E-state index is 0.233. The molecule has 1 aliphatic heterocycles. The number of rotatable bonds is 1. The van der Waals surface area contributed by atoms with Crippen molar-refractivity contribution in [3.8, 4) is 0 Å². The van der Waals surface area contributed by atoms with Crippen molar-refractivity contribution in [2.45, 2.75) is 6.92 Å². The molecule has 0 aliphatic carbocycles. The molecule has 1 aliphatic rings. The van der Waals surface area contributed by atoms with Crippen LogP contribution in [0.5, 0.6) is 0 Å². The van der Waals surface area contributed by atoms with Gasteiger partial charge in [-0.25, -0.2) is 4.68 Å². The van der Waals surface area contributed by atoms with E-state index in [4.69, 9.17) is 11.6 Å². The van der Waals surface area contributed by atoms with Gasteiger partial charge in [0.05, 0.1) is 11.9 Å². The normalized spacial score (nSPS) is 16.9. The van der Waals surface area contributed by atoms with Crippen molar-refractivity contribution in [2.75, 3.05) is 18.0 Å². The van der Waals surface area contributed by atoms with Crippen LogP contribution in [0.2, 0.25) is 5.02 Å². The molecule has 0 bridgehead atoms. The average Bonchev–Trinajstić information content (AvgIpc) is 2.11. The molecule has 2 heterocycles. The van der Waals surface area contributed by atoms with Crippen molar-refractivity contribution in [1.29, 1.82) is 0 Å². The lowest BCUT2D eigenvalue weighted by Gasteiger charge is -2.39. The Morgan fingerprint density at radius 1 is 1.57 bits per heavy atom. The highest BCUT2D eigenvalue weighted by molar-refractivity contribution is 6.33. The molecule has 1 fully saturated rings. The van der Waals surface area contributed by atoms with Gasteiger partial charge in [-0.15, -0.1) is 0 Å². The second kappa shape index (κ2) is 3.28. The van der Waals surface area contributed by atoms with E-state index in [9.17, 15) is 4.79 Å². The van der Waals surface area contributed by atoms with Crippen molar-refractivity contribution in [1.82, 2.24) is 9.78 Å². The average molecular weight is 214 g/mol. The molecule has 5 heteroatoms. The second-order valence-electron chi connectivity index (χ2n) is 3.78. The van der Waals surface area contributed by atoms with Crippen LogP contribution in [0.3, 0.4) is 0 Å². The summed E-state index contributed by atoms with van der Waals surface area (Å²) >= 11 is 5.94. The highest BCUT2D eigenvalue weighted by atomic mass is 35.5. The molecular formula is C9H12ClN3O. The molecule has 4 nitrogen and oxygen atoms in total. The van der Waals surface area contributed by atoms with E-state index in [0.29, 0.717) is 5.92 Å². The fourth-order valence-electron chi connectivity index (χ4n) is 1.62. The maximum absolute atomic E-state index is 11.5. The van der Waals surface area contributed by atoms with Crippen molar-refractivity contribution in [2.24, 2.45) is 13.0 Å². The largest absolute Gasteiger partial charge is 0.368 e. The number of aryl methyl sites for hydroxylation is 1. The van der Waals surface area contributed by atoms with Gasteiger partial charge < -0.3 is 4.90 Å². The Morgan fingerprint density at radius 2 is 2.21 bits per heavy atom. The van der Waals surface area contributed by atoms with Crippen molar-refractivity contribution in [3.05, 3.63) is 21.6 Å². The zero-order valence-electron chi connectivity index (χ0n) is 8.20. The molecule has 1 saturated heterocycles. The lowest BCUT2D eigenvalue weighted by atomic mass is 10.0. The zero-order valence-corrected chi connectivity index (χ0v) is 8.95. The predicted octanol–water partition coefficient (Wildman–Crippen LogP) is 0.890. The van der Waals surface area contributed by atoms with Crippen LogP contribution in [0, 0.1) is 5.92 Å². The summed E-state index contributed by atoms with van der Waals surface area (Å²) in [6.45, 7) is 4.07. The Hall–Kier alpha value is -1.03. The molecule has 0 radical (unpaired) electrons. The number of anilines is 1. The number of nitrogens with zero attached hydrogens (tertiary/aromatic N) is 3. The van der Waals surface area contributed by atoms with Gasteiger partial charge >= 0.3 is 0 Å². The molecule has 0 atom stereocenters. The summed E-state index contributed by atoms with van der Waals surface area (Å²) in [5.41, 5.74) is 0.525.